The summed E-state index contributed by atoms with van der Waals surface area (Å²) in [6.07, 6.45) is 1.39. The van der Waals surface area contributed by atoms with E-state index in [0.717, 1.165) is 0 Å². The Morgan fingerprint density at radius 2 is 1.73 bits per heavy atom. The minimum absolute atomic E-state index is 0.112. The Morgan fingerprint density at radius 1 is 1.03 bits per heavy atom. The van der Waals surface area contributed by atoms with E-state index in [9.17, 15) is 10.1 Å². The van der Waals surface area contributed by atoms with Crippen LogP contribution in [0.15, 0.2) is 60.2 Å². The predicted octanol–water partition coefficient (Wildman–Crippen LogP) is 7.43. The lowest BCUT2D eigenvalue weighted by atomic mass is 10.1. The third-order valence-electron chi connectivity index (χ3n) is 4.48. The van der Waals surface area contributed by atoms with E-state index in [1.165, 1.54) is 13.2 Å². The van der Waals surface area contributed by atoms with Crippen molar-refractivity contribution in [3.8, 4) is 17.6 Å². The molecule has 0 fully saturated rings. The van der Waals surface area contributed by atoms with Crippen molar-refractivity contribution < 1.29 is 14.3 Å². The van der Waals surface area contributed by atoms with Crippen molar-refractivity contribution in [3.05, 3.63) is 91.4 Å². The van der Waals surface area contributed by atoms with E-state index in [2.05, 4.69) is 5.32 Å². The van der Waals surface area contributed by atoms with Gasteiger partial charge < -0.3 is 14.8 Å². The molecule has 0 saturated carbocycles. The van der Waals surface area contributed by atoms with Crippen LogP contribution in [-0.4, -0.2) is 13.0 Å². The Balaban J connectivity index is 1.92. The van der Waals surface area contributed by atoms with Gasteiger partial charge in [0, 0.05) is 21.2 Å². The number of amides is 1. The van der Waals surface area contributed by atoms with E-state index in [-0.39, 0.29) is 27.9 Å². The number of anilines is 1. The summed E-state index contributed by atoms with van der Waals surface area (Å²) in [5.74, 6) is 0.0741. The number of benzene rings is 3. The van der Waals surface area contributed by atoms with E-state index in [4.69, 9.17) is 55.9 Å². The second-order valence-electron chi connectivity index (χ2n) is 6.62. The number of hydrogen-bond donors (Lipinski definition) is 1. The van der Waals surface area contributed by atoms with E-state index in [1.807, 2.05) is 6.07 Å². The second-order valence-corrected chi connectivity index (χ2v) is 8.28. The van der Waals surface area contributed by atoms with Gasteiger partial charge >= 0.3 is 0 Å². The molecule has 0 radical (unpaired) electrons. The number of carbonyl (C=O) groups excluding carboxylic acids is 1. The lowest BCUT2D eigenvalue weighted by molar-refractivity contribution is -0.112. The van der Waals surface area contributed by atoms with E-state index in [1.54, 1.807) is 54.6 Å². The first-order valence-electron chi connectivity index (χ1n) is 9.45. The van der Waals surface area contributed by atoms with Gasteiger partial charge in [-0.25, -0.2) is 0 Å². The van der Waals surface area contributed by atoms with Crippen molar-refractivity contribution in [2.45, 2.75) is 6.61 Å². The van der Waals surface area contributed by atoms with Gasteiger partial charge in [-0.1, -0.05) is 70.7 Å². The third kappa shape index (κ3) is 6.13. The third-order valence-corrected chi connectivity index (χ3v) is 5.70. The van der Waals surface area contributed by atoms with Crippen molar-refractivity contribution >= 4 is 64.1 Å². The fraction of sp³-hybridized carbons (Fsp3) is 0.0833. The number of nitrogens with one attached hydrogen (secondary N) is 1. The van der Waals surface area contributed by atoms with Crippen LogP contribution in [0.1, 0.15) is 11.1 Å². The van der Waals surface area contributed by atoms with Crippen LogP contribution in [0.3, 0.4) is 0 Å². The van der Waals surface area contributed by atoms with Gasteiger partial charge in [0.15, 0.2) is 11.5 Å². The van der Waals surface area contributed by atoms with Gasteiger partial charge in [-0.2, -0.15) is 5.26 Å². The summed E-state index contributed by atoms with van der Waals surface area (Å²) in [6, 6.07) is 16.9. The number of hydrogen-bond acceptors (Lipinski definition) is 4. The smallest absolute Gasteiger partial charge is 0.266 e. The number of para-hydroxylation sites is 2. The molecule has 0 unspecified atom stereocenters. The van der Waals surface area contributed by atoms with E-state index in [0.29, 0.717) is 32.7 Å². The molecule has 0 bridgehead atoms. The summed E-state index contributed by atoms with van der Waals surface area (Å²) >= 11 is 24.4. The standard InChI is InChI=1S/C24H16Cl4N2O3/c1-32-21-7-2-4-14(23(21)33-13-15-8-9-17(25)11-20(15)28)10-16(12-29)24(31)30-22-18(26)5-3-6-19(22)27/h2-11H,13H2,1H3,(H,30,31)/b16-10+. The van der Waals surface area contributed by atoms with Crippen LogP contribution in [0.25, 0.3) is 6.08 Å². The minimum atomic E-state index is -0.679. The van der Waals surface area contributed by atoms with Gasteiger partial charge in [-0.3, -0.25) is 4.79 Å². The highest BCUT2D eigenvalue weighted by Crippen LogP contribution is 2.35. The molecule has 3 rings (SSSR count). The average Bonchev–Trinajstić information content (AvgIpc) is 2.79. The first kappa shape index (κ1) is 24.8. The molecule has 168 valence electrons. The van der Waals surface area contributed by atoms with Crippen LogP contribution in [0, 0.1) is 11.3 Å². The molecule has 5 nitrogen and oxygen atoms in total. The fourth-order valence-corrected chi connectivity index (χ4v) is 3.81. The quantitative estimate of drug-likeness (QED) is 0.259. The summed E-state index contributed by atoms with van der Waals surface area (Å²) in [7, 11) is 1.49. The molecule has 33 heavy (non-hydrogen) atoms. The highest BCUT2D eigenvalue weighted by molar-refractivity contribution is 6.40. The van der Waals surface area contributed by atoms with Crippen molar-refractivity contribution in [3.63, 3.8) is 0 Å². The van der Waals surface area contributed by atoms with E-state index < -0.39 is 5.91 Å². The zero-order valence-electron chi connectivity index (χ0n) is 17.2. The molecular weight excluding hydrogens is 506 g/mol. The molecule has 1 N–H and O–H groups in total. The van der Waals surface area contributed by atoms with Crippen LogP contribution < -0.4 is 14.8 Å². The van der Waals surface area contributed by atoms with Crippen molar-refractivity contribution in [2.75, 3.05) is 12.4 Å². The van der Waals surface area contributed by atoms with Gasteiger partial charge in [-0.15, -0.1) is 0 Å². The Bertz CT molecular complexity index is 1250. The summed E-state index contributed by atoms with van der Waals surface area (Å²) in [4.78, 5) is 12.8. The first-order valence-corrected chi connectivity index (χ1v) is 11.0. The number of nitrogens with zero attached hydrogens (tertiary/aromatic N) is 1. The second kappa shape index (κ2) is 11.3. The van der Waals surface area contributed by atoms with Crippen molar-refractivity contribution in [1.29, 1.82) is 5.26 Å². The monoisotopic (exact) mass is 520 g/mol. The number of rotatable bonds is 7. The zero-order chi connectivity index (χ0) is 24.0. The highest BCUT2D eigenvalue weighted by Gasteiger charge is 2.17. The fourth-order valence-electron chi connectivity index (χ4n) is 2.85. The summed E-state index contributed by atoms with van der Waals surface area (Å²) in [6.45, 7) is 0.112. The van der Waals surface area contributed by atoms with Crippen LogP contribution >= 0.6 is 46.4 Å². The summed E-state index contributed by atoms with van der Waals surface area (Å²) < 4.78 is 11.4. The molecule has 1 amide bonds. The Kier molecular flexibility index (Phi) is 8.49. The lowest BCUT2D eigenvalue weighted by Crippen LogP contribution is -2.14. The van der Waals surface area contributed by atoms with Crippen LogP contribution in [0.2, 0.25) is 20.1 Å². The highest BCUT2D eigenvalue weighted by atomic mass is 35.5. The summed E-state index contributed by atoms with van der Waals surface area (Å²) in [5.41, 5.74) is 1.19. The minimum Gasteiger partial charge on any atom is -0.493 e. The molecule has 0 aromatic heterocycles. The van der Waals surface area contributed by atoms with Gasteiger partial charge in [0.2, 0.25) is 0 Å². The van der Waals surface area contributed by atoms with Gasteiger partial charge in [0.05, 0.1) is 22.8 Å². The topological polar surface area (TPSA) is 71.3 Å². The number of carbonyl (C=O) groups is 1. The lowest BCUT2D eigenvalue weighted by Gasteiger charge is -2.15. The van der Waals surface area contributed by atoms with Crippen LogP contribution in [0.4, 0.5) is 5.69 Å². The van der Waals surface area contributed by atoms with Gasteiger partial charge in [0.1, 0.15) is 18.2 Å². The Labute approximate surface area is 211 Å². The molecule has 0 atom stereocenters. The maximum Gasteiger partial charge on any atom is 0.266 e. The molecule has 3 aromatic carbocycles. The van der Waals surface area contributed by atoms with Gasteiger partial charge in [0.25, 0.3) is 5.91 Å². The van der Waals surface area contributed by atoms with Crippen LogP contribution in [-0.2, 0) is 11.4 Å². The SMILES string of the molecule is COc1cccc(/C=C(\C#N)C(=O)Nc2c(Cl)cccc2Cl)c1OCc1ccc(Cl)cc1Cl. The molecule has 9 heteroatoms. The van der Waals surface area contributed by atoms with Crippen molar-refractivity contribution in [1.82, 2.24) is 0 Å². The number of methoxy groups -OCH3 is 1. The number of ether oxygens (including phenoxy) is 2. The normalized spacial score (nSPS) is 11.0. The van der Waals surface area contributed by atoms with E-state index >= 15 is 0 Å². The molecule has 0 aliphatic carbocycles. The Hall–Kier alpha value is -2.88. The maximum absolute atomic E-state index is 12.8. The Morgan fingerprint density at radius 3 is 2.36 bits per heavy atom. The molecule has 0 spiro atoms. The molecule has 0 saturated heterocycles. The predicted molar refractivity (Wildman–Crippen MR) is 132 cm³/mol. The average molecular weight is 522 g/mol. The maximum atomic E-state index is 12.8. The molecule has 0 aliphatic rings. The first-order chi connectivity index (χ1) is 15.8. The number of halogens is 4. The molecule has 0 heterocycles. The molecule has 0 aliphatic heterocycles. The zero-order valence-corrected chi connectivity index (χ0v) is 20.2. The molecular formula is C24H16Cl4N2O3. The number of nitriles is 1. The molecule has 3 aromatic rings. The van der Waals surface area contributed by atoms with Gasteiger partial charge in [-0.05, 0) is 36.4 Å². The largest absolute Gasteiger partial charge is 0.493 e. The van der Waals surface area contributed by atoms with Crippen molar-refractivity contribution in [2.24, 2.45) is 0 Å². The van der Waals surface area contributed by atoms with Crippen LogP contribution in [0.5, 0.6) is 11.5 Å². The summed E-state index contributed by atoms with van der Waals surface area (Å²) in [5, 5.41) is 13.6.